The first kappa shape index (κ1) is 26.0. The van der Waals surface area contributed by atoms with E-state index in [0.717, 1.165) is 22.0 Å². The predicted octanol–water partition coefficient (Wildman–Crippen LogP) is 3.68. The number of ether oxygens (including phenoxy) is 1. The van der Waals surface area contributed by atoms with E-state index in [1.165, 1.54) is 4.90 Å². The molecule has 3 rings (SSSR count). The number of carbonyl (C=O) groups excluding carboxylic acids is 2. The van der Waals surface area contributed by atoms with Gasteiger partial charge in [-0.25, -0.2) is 0 Å². The Morgan fingerprint density at radius 2 is 1.86 bits per heavy atom. The molecular weight excluding hydrogens is 446 g/mol. The van der Waals surface area contributed by atoms with Crippen molar-refractivity contribution in [3.8, 4) is 0 Å². The lowest BCUT2D eigenvalue weighted by atomic mass is 9.98. The molecule has 0 saturated carbocycles. The molecule has 0 fully saturated rings. The van der Waals surface area contributed by atoms with Gasteiger partial charge >= 0.3 is 11.9 Å². The Balaban J connectivity index is 1.93. The van der Waals surface area contributed by atoms with E-state index < -0.39 is 36.5 Å². The Labute approximate surface area is 205 Å². The van der Waals surface area contributed by atoms with Crippen molar-refractivity contribution in [3.05, 3.63) is 65.9 Å². The monoisotopic (exact) mass is 479 g/mol. The van der Waals surface area contributed by atoms with E-state index in [2.05, 4.69) is 10.3 Å². The highest BCUT2D eigenvalue weighted by Gasteiger charge is 2.34. The van der Waals surface area contributed by atoms with Gasteiger partial charge in [-0.15, -0.1) is 0 Å². The van der Waals surface area contributed by atoms with Gasteiger partial charge in [0.25, 0.3) is 0 Å². The lowest BCUT2D eigenvalue weighted by Crippen LogP contribution is -2.56. The Bertz CT molecular complexity index is 1190. The highest BCUT2D eigenvalue weighted by atomic mass is 16.5. The molecule has 35 heavy (non-hydrogen) atoms. The average Bonchev–Trinajstić information content (AvgIpc) is 3.22. The van der Waals surface area contributed by atoms with Gasteiger partial charge in [0.1, 0.15) is 12.6 Å². The normalized spacial score (nSPS) is 12.9. The summed E-state index contributed by atoms with van der Waals surface area (Å²) in [5, 5.41) is 13.7. The number of carbonyl (C=O) groups is 3. The summed E-state index contributed by atoms with van der Waals surface area (Å²) in [5.41, 5.74) is 3.27. The highest BCUT2D eigenvalue weighted by molar-refractivity contribution is 6.01. The molecule has 1 amide bonds. The summed E-state index contributed by atoms with van der Waals surface area (Å²) in [7, 11) is 0. The molecule has 8 nitrogen and oxygen atoms in total. The zero-order chi connectivity index (χ0) is 25.5. The fourth-order valence-electron chi connectivity index (χ4n) is 4.13. The molecule has 3 aromatic rings. The second-order valence-electron chi connectivity index (χ2n) is 8.91. The van der Waals surface area contributed by atoms with E-state index in [0.29, 0.717) is 12.1 Å². The molecule has 0 aliphatic heterocycles. The van der Waals surface area contributed by atoms with E-state index in [1.54, 1.807) is 25.1 Å². The first-order valence-electron chi connectivity index (χ1n) is 11.8. The third-order valence-corrected chi connectivity index (χ3v) is 5.86. The van der Waals surface area contributed by atoms with Crippen molar-refractivity contribution in [2.24, 2.45) is 5.92 Å². The van der Waals surface area contributed by atoms with Gasteiger partial charge in [0, 0.05) is 29.2 Å². The molecule has 186 valence electrons. The Morgan fingerprint density at radius 1 is 1.11 bits per heavy atom. The number of para-hydroxylation sites is 1. The van der Waals surface area contributed by atoms with Crippen LogP contribution < -0.4 is 10.2 Å². The minimum Gasteiger partial charge on any atom is -0.480 e. The summed E-state index contributed by atoms with van der Waals surface area (Å²) < 4.78 is 5.32. The fourth-order valence-corrected chi connectivity index (χ4v) is 4.13. The minimum atomic E-state index is -1.12. The van der Waals surface area contributed by atoms with Crippen molar-refractivity contribution in [2.75, 3.05) is 18.1 Å². The van der Waals surface area contributed by atoms with Crippen LogP contribution in [0.1, 0.15) is 31.9 Å². The average molecular weight is 480 g/mol. The second-order valence-corrected chi connectivity index (χ2v) is 8.91. The summed E-state index contributed by atoms with van der Waals surface area (Å²) >= 11 is 0. The molecule has 8 heteroatoms. The minimum absolute atomic E-state index is 0.208. The van der Waals surface area contributed by atoms with Crippen molar-refractivity contribution >= 4 is 34.4 Å². The maximum atomic E-state index is 13.7. The Kier molecular flexibility index (Phi) is 8.65. The number of rotatable bonds is 11. The Morgan fingerprint density at radius 3 is 2.51 bits per heavy atom. The highest BCUT2D eigenvalue weighted by Crippen LogP contribution is 2.22. The number of nitrogens with one attached hydrogen (secondary N) is 2. The number of anilines is 1. The number of benzene rings is 2. The van der Waals surface area contributed by atoms with E-state index in [-0.39, 0.29) is 12.5 Å². The van der Waals surface area contributed by atoms with Crippen LogP contribution in [-0.2, 0) is 25.5 Å². The summed E-state index contributed by atoms with van der Waals surface area (Å²) in [6.45, 7) is 7.05. The van der Waals surface area contributed by atoms with E-state index in [4.69, 9.17) is 4.74 Å². The lowest BCUT2D eigenvalue weighted by Gasteiger charge is -2.31. The SMILES string of the molecule is CCOC(=O)C(Cc1c[nH]c2ccccc12)NC(C(=O)N(CC(=O)O)c1cccc(C)c1)C(C)C. The summed E-state index contributed by atoms with van der Waals surface area (Å²) in [5.74, 6) is -2.22. The number of aliphatic carboxylic acids is 1. The van der Waals surface area contributed by atoms with Crippen LogP contribution in [0.5, 0.6) is 0 Å². The number of aromatic nitrogens is 1. The lowest BCUT2D eigenvalue weighted by molar-refractivity contribution is -0.146. The van der Waals surface area contributed by atoms with Crippen LogP contribution in [0, 0.1) is 12.8 Å². The zero-order valence-corrected chi connectivity index (χ0v) is 20.6. The smallest absolute Gasteiger partial charge is 0.323 e. The molecule has 0 radical (unpaired) electrons. The number of aryl methyl sites for hydroxylation is 1. The molecule has 1 heterocycles. The van der Waals surface area contributed by atoms with Crippen molar-refractivity contribution in [1.82, 2.24) is 10.3 Å². The first-order chi connectivity index (χ1) is 16.7. The summed E-state index contributed by atoms with van der Waals surface area (Å²) in [6.07, 6.45) is 2.16. The number of carboxylic acids is 1. The van der Waals surface area contributed by atoms with Crippen molar-refractivity contribution in [3.63, 3.8) is 0 Å². The summed E-state index contributed by atoms with van der Waals surface area (Å²) in [4.78, 5) is 42.7. The number of amides is 1. The van der Waals surface area contributed by atoms with Gasteiger partial charge in [0.05, 0.1) is 12.6 Å². The molecule has 0 aliphatic carbocycles. The fraction of sp³-hybridized carbons (Fsp3) is 0.370. The van der Waals surface area contributed by atoms with Gasteiger partial charge in [-0.3, -0.25) is 24.6 Å². The van der Waals surface area contributed by atoms with Gasteiger partial charge < -0.3 is 14.8 Å². The van der Waals surface area contributed by atoms with Crippen LogP contribution in [0.4, 0.5) is 5.69 Å². The number of hydrogen-bond acceptors (Lipinski definition) is 5. The third kappa shape index (κ3) is 6.48. The van der Waals surface area contributed by atoms with Crippen LogP contribution in [-0.4, -0.2) is 53.2 Å². The van der Waals surface area contributed by atoms with Gasteiger partial charge in [0.15, 0.2) is 0 Å². The summed E-state index contributed by atoms with van der Waals surface area (Å²) in [6, 6.07) is 13.3. The number of esters is 1. The van der Waals surface area contributed by atoms with Gasteiger partial charge in [0.2, 0.25) is 5.91 Å². The molecule has 2 unspecified atom stereocenters. The van der Waals surface area contributed by atoms with Crippen LogP contribution in [0.25, 0.3) is 10.9 Å². The van der Waals surface area contributed by atoms with Gasteiger partial charge in [-0.05, 0) is 49.1 Å². The first-order valence-corrected chi connectivity index (χ1v) is 11.8. The molecule has 2 atom stereocenters. The van der Waals surface area contributed by atoms with Crippen molar-refractivity contribution in [2.45, 2.75) is 46.2 Å². The Hall–Kier alpha value is -3.65. The van der Waals surface area contributed by atoms with E-state index in [1.807, 2.05) is 57.3 Å². The number of fused-ring (bicyclic) bond motifs is 1. The molecule has 1 aromatic heterocycles. The van der Waals surface area contributed by atoms with Crippen LogP contribution in [0.2, 0.25) is 0 Å². The number of aromatic amines is 1. The molecule has 0 aliphatic rings. The number of hydrogen-bond donors (Lipinski definition) is 3. The zero-order valence-electron chi connectivity index (χ0n) is 20.6. The van der Waals surface area contributed by atoms with Gasteiger partial charge in [-0.1, -0.05) is 44.2 Å². The van der Waals surface area contributed by atoms with Crippen molar-refractivity contribution in [1.29, 1.82) is 0 Å². The van der Waals surface area contributed by atoms with Crippen LogP contribution >= 0.6 is 0 Å². The van der Waals surface area contributed by atoms with E-state index in [9.17, 15) is 19.5 Å². The van der Waals surface area contributed by atoms with Gasteiger partial charge in [-0.2, -0.15) is 0 Å². The number of H-pyrrole nitrogens is 1. The van der Waals surface area contributed by atoms with E-state index >= 15 is 0 Å². The topological polar surface area (TPSA) is 112 Å². The van der Waals surface area contributed by atoms with Crippen LogP contribution in [0.15, 0.2) is 54.7 Å². The molecule has 0 saturated heterocycles. The molecule has 0 bridgehead atoms. The standard InChI is InChI=1S/C27H33N3O5/c1-5-35-27(34)23(14-19-15-28-22-12-7-6-11-21(19)22)29-25(17(2)3)26(33)30(16-24(31)32)20-10-8-9-18(4)13-20/h6-13,15,17,23,25,28-29H,5,14,16H2,1-4H3,(H,31,32). The molecule has 0 spiro atoms. The quantitative estimate of drug-likeness (QED) is 0.362. The molecule has 3 N–H and O–H groups in total. The number of carboxylic acid groups (broad SMARTS) is 1. The second kappa shape index (κ2) is 11.7. The van der Waals surface area contributed by atoms with Crippen LogP contribution in [0.3, 0.4) is 0 Å². The third-order valence-electron chi connectivity index (χ3n) is 5.86. The largest absolute Gasteiger partial charge is 0.480 e. The van der Waals surface area contributed by atoms with Crippen molar-refractivity contribution < 1.29 is 24.2 Å². The predicted molar refractivity (Wildman–Crippen MR) is 135 cm³/mol. The maximum Gasteiger partial charge on any atom is 0.323 e. The molecule has 2 aromatic carbocycles. The maximum absolute atomic E-state index is 13.7. The molecular formula is C27H33N3O5. The number of nitrogens with zero attached hydrogens (tertiary/aromatic N) is 1.